The molecule has 3 rings (SSSR count). The lowest BCUT2D eigenvalue weighted by atomic mass is 10.1. The number of nitrogens with one attached hydrogen (secondary N) is 1. The molecule has 1 unspecified atom stereocenters. The van der Waals surface area contributed by atoms with Gasteiger partial charge in [0.25, 0.3) is 0 Å². The Morgan fingerprint density at radius 1 is 1.24 bits per heavy atom. The number of rotatable bonds is 10. The van der Waals surface area contributed by atoms with Crippen molar-refractivity contribution in [1.82, 2.24) is 15.1 Å². The predicted octanol–water partition coefficient (Wildman–Crippen LogP) is 3.17. The fourth-order valence-corrected chi connectivity index (χ4v) is 6.99. The average Bonchev–Trinajstić information content (AvgIpc) is 3.32. The van der Waals surface area contributed by atoms with E-state index in [1.165, 1.54) is 11.8 Å². The number of unbranched alkanes of at least 4 members (excludes halogenated alkanes) is 2. The van der Waals surface area contributed by atoms with Crippen LogP contribution < -0.4 is 0 Å². The standard InChI is InChI=1S/C21H29N3O3S2/c1-24(21(25)15-28-19-11-13-29(26,27)16-19)12-7-3-6-10-18-14-20(23-22-18)17-8-4-2-5-9-17/h2,4-5,8-9,14,19H,3,6-7,10-13,15-16H2,1H3,(H,22,23). The van der Waals surface area contributed by atoms with Crippen molar-refractivity contribution in [1.29, 1.82) is 0 Å². The smallest absolute Gasteiger partial charge is 0.232 e. The summed E-state index contributed by atoms with van der Waals surface area (Å²) in [4.78, 5) is 14.0. The van der Waals surface area contributed by atoms with Crippen LogP contribution in [0, 0.1) is 0 Å². The van der Waals surface area contributed by atoms with E-state index in [4.69, 9.17) is 0 Å². The van der Waals surface area contributed by atoms with Crippen molar-refractivity contribution in [3.63, 3.8) is 0 Å². The molecule has 8 heteroatoms. The molecule has 1 aliphatic heterocycles. The molecule has 1 atom stereocenters. The van der Waals surface area contributed by atoms with Crippen LogP contribution in [0.5, 0.6) is 0 Å². The fourth-order valence-electron chi connectivity index (χ4n) is 3.40. The van der Waals surface area contributed by atoms with Gasteiger partial charge in [-0.1, -0.05) is 36.8 Å². The SMILES string of the molecule is CN(CCCCCc1cc(-c2ccccc2)n[nH]1)C(=O)CSC1CCS(=O)(=O)C1. The summed E-state index contributed by atoms with van der Waals surface area (Å²) in [7, 11) is -1.05. The van der Waals surface area contributed by atoms with Crippen LogP contribution in [0.25, 0.3) is 11.3 Å². The highest BCUT2D eigenvalue weighted by atomic mass is 32.2. The monoisotopic (exact) mass is 435 g/mol. The Hall–Kier alpha value is -1.80. The number of benzene rings is 1. The molecular weight excluding hydrogens is 406 g/mol. The predicted molar refractivity (Wildman–Crippen MR) is 119 cm³/mol. The van der Waals surface area contributed by atoms with Gasteiger partial charge in [-0.3, -0.25) is 9.89 Å². The molecule has 6 nitrogen and oxygen atoms in total. The van der Waals surface area contributed by atoms with Crippen molar-refractivity contribution in [3.8, 4) is 11.3 Å². The summed E-state index contributed by atoms with van der Waals surface area (Å²) in [6.07, 6.45) is 4.68. The van der Waals surface area contributed by atoms with E-state index in [-0.39, 0.29) is 22.7 Å². The van der Waals surface area contributed by atoms with Gasteiger partial charge in [0.2, 0.25) is 5.91 Å². The second-order valence-electron chi connectivity index (χ2n) is 7.61. The number of nitrogens with zero attached hydrogens (tertiary/aromatic N) is 2. The molecule has 2 aromatic rings. The number of aromatic amines is 1. The third-order valence-electron chi connectivity index (χ3n) is 5.20. The molecule has 1 saturated heterocycles. The van der Waals surface area contributed by atoms with Crippen molar-refractivity contribution in [2.45, 2.75) is 37.4 Å². The lowest BCUT2D eigenvalue weighted by Crippen LogP contribution is -2.30. The number of carbonyl (C=O) groups is 1. The first kappa shape index (κ1) is 21.9. The molecule has 29 heavy (non-hydrogen) atoms. The van der Waals surface area contributed by atoms with E-state index < -0.39 is 9.84 Å². The van der Waals surface area contributed by atoms with E-state index in [1.807, 2.05) is 25.2 Å². The van der Waals surface area contributed by atoms with Crippen molar-refractivity contribution < 1.29 is 13.2 Å². The van der Waals surface area contributed by atoms with E-state index in [9.17, 15) is 13.2 Å². The second-order valence-corrected chi connectivity index (χ2v) is 11.1. The summed E-state index contributed by atoms with van der Waals surface area (Å²) in [6.45, 7) is 0.737. The van der Waals surface area contributed by atoms with Gasteiger partial charge in [-0.05, 0) is 31.7 Å². The molecule has 0 saturated carbocycles. The lowest BCUT2D eigenvalue weighted by Gasteiger charge is -2.17. The average molecular weight is 436 g/mol. The van der Waals surface area contributed by atoms with Crippen LogP contribution in [-0.4, -0.2) is 65.5 Å². The van der Waals surface area contributed by atoms with E-state index in [2.05, 4.69) is 28.4 Å². The minimum Gasteiger partial charge on any atom is -0.345 e. The molecule has 0 bridgehead atoms. The number of amides is 1. The van der Waals surface area contributed by atoms with E-state index >= 15 is 0 Å². The molecule has 1 aromatic heterocycles. The number of sulfone groups is 1. The highest BCUT2D eigenvalue weighted by Gasteiger charge is 2.28. The maximum Gasteiger partial charge on any atom is 0.232 e. The number of H-pyrrole nitrogens is 1. The first-order valence-corrected chi connectivity index (χ1v) is 13.0. The highest BCUT2D eigenvalue weighted by molar-refractivity contribution is 8.02. The van der Waals surface area contributed by atoms with Crippen molar-refractivity contribution in [2.75, 3.05) is 30.9 Å². The Morgan fingerprint density at radius 3 is 2.76 bits per heavy atom. The molecular formula is C21H29N3O3S2. The number of aromatic nitrogens is 2. The quantitative estimate of drug-likeness (QED) is 0.580. The molecule has 0 spiro atoms. The number of thioether (sulfide) groups is 1. The zero-order valence-corrected chi connectivity index (χ0v) is 18.5. The van der Waals surface area contributed by atoms with Crippen molar-refractivity contribution >= 4 is 27.5 Å². The first-order chi connectivity index (χ1) is 13.9. The summed E-state index contributed by atoms with van der Waals surface area (Å²) < 4.78 is 23.0. The maximum atomic E-state index is 12.2. The van der Waals surface area contributed by atoms with Gasteiger partial charge in [0.1, 0.15) is 0 Å². The zero-order valence-electron chi connectivity index (χ0n) is 16.8. The molecule has 1 aliphatic rings. The summed E-state index contributed by atoms with van der Waals surface area (Å²) >= 11 is 1.48. The van der Waals surface area contributed by atoms with E-state index in [0.717, 1.165) is 49.2 Å². The van der Waals surface area contributed by atoms with E-state index in [1.54, 1.807) is 4.90 Å². The fraction of sp³-hybridized carbons (Fsp3) is 0.524. The van der Waals surface area contributed by atoms with Crippen molar-refractivity contribution in [2.24, 2.45) is 0 Å². The molecule has 0 radical (unpaired) electrons. The Kier molecular flexibility index (Phi) is 7.77. The van der Waals surface area contributed by atoms with Crippen LogP contribution in [0.4, 0.5) is 0 Å². The van der Waals surface area contributed by atoms with Gasteiger partial charge < -0.3 is 4.90 Å². The second kappa shape index (κ2) is 10.3. The molecule has 158 valence electrons. The minimum absolute atomic E-state index is 0.0764. The molecule has 0 aliphatic carbocycles. The van der Waals surface area contributed by atoms with Gasteiger partial charge in [0, 0.05) is 30.1 Å². The Balaban J connectivity index is 1.29. The lowest BCUT2D eigenvalue weighted by molar-refractivity contribution is -0.127. The zero-order chi connectivity index (χ0) is 20.7. The van der Waals surface area contributed by atoms with Crippen LogP contribution in [0.1, 0.15) is 31.4 Å². The third-order valence-corrected chi connectivity index (χ3v) is 8.47. The normalized spacial score (nSPS) is 18.0. The maximum absolute atomic E-state index is 12.2. The van der Waals surface area contributed by atoms with Crippen LogP contribution >= 0.6 is 11.8 Å². The van der Waals surface area contributed by atoms with Gasteiger partial charge in [-0.15, -0.1) is 11.8 Å². The minimum atomic E-state index is -2.87. The molecule has 2 heterocycles. The van der Waals surface area contributed by atoms with Crippen LogP contribution in [0.2, 0.25) is 0 Å². The third kappa shape index (κ3) is 6.89. The van der Waals surface area contributed by atoms with Gasteiger partial charge in [-0.25, -0.2) is 8.42 Å². The number of aryl methyl sites for hydroxylation is 1. The first-order valence-electron chi connectivity index (χ1n) is 10.1. The summed E-state index contributed by atoms with van der Waals surface area (Å²) in [5, 5.41) is 7.57. The molecule has 1 aromatic carbocycles. The van der Waals surface area contributed by atoms with E-state index in [0.29, 0.717) is 12.2 Å². The van der Waals surface area contributed by atoms with Crippen LogP contribution in [0.3, 0.4) is 0 Å². The molecule has 1 fully saturated rings. The van der Waals surface area contributed by atoms with Crippen LogP contribution in [-0.2, 0) is 21.1 Å². The van der Waals surface area contributed by atoms with Gasteiger partial charge in [0.05, 0.1) is 23.0 Å². The topological polar surface area (TPSA) is 83.1 Å². The van der Waals surface area contributed by atoms with Gasteiger partial charge in [-0.2, -0.15) is 5.10 Å². The summed E-state index contributed by atoms with van der Waals surface area (Å²) in [5.74, 6) is 0.930. The Bertz CT molecular complexity index is 897. The largest absolute Gasteiger partial charge is 0.345 e. The van der Waals surface area contributed by atoms with Gasteiger partial charge >= 0.3 is 0 Å². The molecule has 1 N–H and O–H groups in total. The van der Waals surface area contributed by atoms with Crippen molar-refractivity contribution in [3.05, 3.63) is 42.1 Å². The van der Waals surface area contributed by atoms with Crippen LogP contribution in [0.15, 0.2) is 36.4 Å². The number of hydrogen-bond donors (Lipinski definition) is 1. The summed E-state index contributed by atoms with van der Waals surface area (Å²) in [5.41, 5.74) is 3.22. The Morgan fingerprint density at radius 2 is 2.03 bits per heavy atom. The Labute approximate surface area is 177 Å². The highest BCUT2D eigenvalue weighted by Crippen LogP contribution is 2.24. The van der Waals surface area contributed by atoms with Gasteiger partial charge in [0.15, 0.2) is 9.84 Å². The summed E-state index contributed by atoms with van der Waals surface area (Å²) in [6, 6.07) is 12.2. The molecule has 1 amide bonds. The number of hydrogen-bond acceptors (Lipinski definition) is 5. The number of carbonyl (C=O) groups excluding carboxylic acids is 1.